The molecule has 0 aromatic heterocycles. The number of esters is 1. The summed E-state index contributed by atoms with van der Waals surface area (Å²) in [6, 6.07) is -0.839. The summed E-state index contributed by atoms with van der Waals surface area (Å²) >= 11 is 0. The molecule has 0 radical (unpaired) electrons. The summed E-state index contributed by atoms with van der Waals surface area (Å²) in [5.41, 5.74) is 4.94. The summed E-state index contributed by atoms with van der Waals surface area (Å²) in [6.07, 6.45) is 6.76. The van der Waals surface area contributed by atoms with Crippen molar-refractivity contribution in [2.24, 2.45) is 34.8 Å². The Labute approximate surface area is 194 Å². The molecule has 9 heteroatoms. The molecule has 4 saturated carbocycles. The van der Waals surface area contributed by atoms with Crippen LogP contribution < -0.4 is 5.73 Å². The number of hydrogen-bond donors (Lipinski definition) is 2. The van der Waals surface area contributed by atoms with Gasteiger partial charge in [-0.1, -0.05) is 0 Å². The molecule has 2 heterocycles. The van der Waals surface area contributed by atoms with Crippen molar-refractivity contribution >= 4 is 23.7 Å². The van der Waals surface area contributed by atoms with Gasteiger partial charge in [0.1, 0.15) is 6.04 Å². The quantitative estimate of drug-likeness (QED) is 0.571. The van der Waals surface area contributed by atoms with Crippen LogP contribution in [0, 0.1) is 29.1 Å². The number of β-amino-alcohol motifs (C(OH)–C–C–N with tert-alkyl or cyclic N) is 1. The molecule has 4 bridgehead atoms. The van der Waals surface area contributed by atoms with Crippen LogP contribution in [0.1, 0.15) is 57.8 Å². The number of carbonyl (C=O) groups is 4. The van der Waals surface area contributed by atoms with Crippen molar-refractivity contribution in [3.8, 4) is 0 Å². The minimum Gasteiger partial charge on any atom is -0.454 e. The van der Waals surface area contributed by atoms with Crippen molar-refractivity contribution in [3.05, 3.63) is 0 Å². The molecule has 0 spiro atoms. The Morgan fingerprint density at radius 3 is 2.06 bits per heavy atom. The average molecular weight is 462 g/mol. The zero-order valence-electron chi connectivity index (χ0n) is 19.1. The van der Waals surface area contributed by atoms with Crippen LogP contribution in [0.25, 0.3) is 0 Å². The number of aliphatic hydroxyl groups excluding tert-OH is 1. The van der Waals surface area contributed by atoms with E-state index < -0.39 is 30.1 Å². The van der Waals surface area contributed by atoms with Crippen LogP contribution in [0.4, 0.5) is 0 Å². The molecule has 6 rings (SSSR count). The highest BCUT2D eigenvalue weighted by Crippen LogP contribution is 2.60. The van der Waals surface area contributed by atoms with Crippen LogP contribution in [0.5, 0.6) is 0 Å². The lowest BCUT2D eigenvalue weighted by atomic mass is 9.49. The predicted octanol–water partition coefficient (Wildman–Crippen LogP) is 0.432. The van der Waals surface area contributed by atoms with Gasteiger partial charge in [-0.2, -0.15) is 0 Å². The zero-order valence-corrected chi connectivity index (χ0v) is 19.1. The van der Waals surface area contributed by atoms with Gasteiger partial charge in [-0.05, 0) is 69.1 Å². The Balaban J connectivity index is 1.19. The molecule has 3 amide bonds. The number of nitrogens with zero attached hydrogens (tertiary/aromatic N) is 2. The van der Waals surface area contributed by atoms with Crippen LogP contribution >= 0.6 is 0 Å². The van der Waals surface area contributed by atoms with Gasteiger partial charge in [0.2, 0.25) is 11.8 Å². The van der Waals surface area contributed by atoms with Crippen molar-refractivity contribution < 1.29 is 29.0 Å². The van der Waals surface area contributed by atoms with Gasteiger partial charge in [0.05, 0.1) is 11.5 Å². The number of piperidine rings is 1. The summed E-state index contributed by atoms with van der Waals surface area (Å²) in [4.78, 5) is 53.6. The second kappa shape index (κ2) is 8.56. The first-order valence-corrected chi connectivity index (χ1v) is 12.5. The third-order valence-corrected chi connectivity index (χ3v) is 8.89. The minimum absolute atomic E-state index is 0.0000458. The number of rotatable bonds is 5. The Kier molecular flexibility index (Phi) is 5.87. The first-order chi connectivity index (χ1) is 15.7. The van der Waals surface area contributed by atoms with Crippen molar-refractivity contribution in [1.82, 2.24) is 9.80 Å². The van der Waals surface area contributed by atoms with Gasteiger partial charge in [0.25, 0.3) is 5.91 Å². The molecule has 182 valence electrons. The monoisotopic (exact) mass is 461 g/mol. The van der Waals surface area contributed by atoms with Crippen molar-refractivity contribution in [2.75, 3.05) is 26.2 Å². The van der Waals surface area contributed by atoms with Crippen LogP contribution in [-0.2, 0) is 23.9 Å². The summed E-state index contributed by atoms with van der Waals surface area (Å²) < 4.78 is 5.34. The third kappa shape index (κ3) is 4.24. The SMILES string of the molecule is NC(=O)C1CCN(C(=O)COC(=O)C2CC(O)CN2C(=O)C23CC4CC(CC(C4)C2)C3)CC1. The van der Waals surface area contributed by atoms with Crippen molar-refractivity contribution in [2.45, 2.75) is 69.9 Å². The lowest BCUT2D eigenvalue weighted by Crippen LogP contribution is -2.56. The molecule has 0 aromatic carbocycles. The van der Waals surface area contributed by atoms with Crippen molar-refractivity contribution in [1.29, 1.82) is 0 Å². The predicted molar refractivity (Wildman–Crippen MR) is 116 cm³/mol. The maximum Gasteiger partial charge on any atom is 0.329 e. The molecule has 9 nitrogen and oxygen atoms in total. The molecular weight excluding hydrogens is 426 g/mol. The standard InChI is InChI=1S/C24H35N3O6/c25-21(30)17-1-3-26(4-2-17)20(29)13-33-22(31)19-8-18(28)12-27(19)23(32)24-9-14-5-15(10-24)7-16(6-14)11-24/h14-19,28H,1-13H2,(H2,25,30). The number of primary amides is 1. The van der Waals surface area contributed by atoms with E-state index >= 15 is 0 Å². The molecule has 2 aliphatic heterocycles. The van der Waals surface area contributed by atoms with E-state index in [0.29, 0.717) is 43.7 Å². The molecule has 2 saturated heterocycles. The molecule has 0 aromatic rings. The van der Waals surface area contributed by atoms with E-state index in [1.807, 2.05) is 0 Å². The Hall–Kier alpha value is -2.16. The molecule has 2 unspecified atom stereocenters. The first kappa shape index (κ1) is 22.6. The molecule has 4 aliphatic carbocycles. The second-order valence-electron chi connectivity index (χ2n) is 11.2. The third-order valence-electron chi connectivity index (χ3n) is 8.89. The average Bonchev–Trinajstić information content (AvgIpc) is 3.17. The highest BCUT2D eigenvalue weighted by Gasteiger charge is 2.57. The van der Waals surface area contributed by atoms with E-state index in [9.17, 15) is 24.3 Å². The molecule has 33 heavy (non-hydrogen) atoms. The highest BCUT2D eigenvalue weighted by atomic mass is 16.5. The fourth-order valence-corrected chi connectivity index (χ4v) is 7.67. The number of ether oxygens (including phenoxy) is 1. The van der Waals surface area contributed by atoms with E-state index in [0.717, 1.165) is 19.3 Å². The normalized spacial score (nSPS) is 37.9. The van der Waals surface area contributed by atoms with E-state index in [2.05, 4.69) is 0 Å². The van der Waals surface area contributed by atoms with Gasteiger partial charge in [-0.15, -0.1) is 0 Å². The molecule has 2 atom stereocenters. The van der Waals surface area contributed by atoms with Gasteiger partial charge >= 0.3 is 5.97 Å². The second-order valence-corrected chi connectivity index (χ2v) is 11.2. The van der Waals surface area contributed by atoms with E-state index in [4.69, 9.17) is 10.5 Å². The summed E-state index contributed by atoms with van der Waals surface area (Å²) in [5, 5.41) is 10.3. The van der Waals surface area contributed by atoms with Gasteiger partial charge in [0.15, 0.2) is 6.61 Å². The first-order valence-electron chi connectivity index (χ1n) is 12.5. The molecule has 3 N–H and O–H groups in total. The smallest absolute Gasteiger partial charge is 0.329 e. The topological polar surface area (TPSA) is 130 Å². The maximum absolute atomic E-state index is 13.7. The largest absolute Gasteiger partial charge is 0.454 e. The van der Waals surface area contributed by atoms with Crippen LogP contribution in [0.15, 0.2) is 0 Å². The molecule has 6 aliphatic rings. The van der Waals surface area contributed by atoms with Gasteiger partial charge < -0.3 is 25.4 Å². The Bertz CT molecular complexity index is 801. The van der Waals surface area contributed by atoms with Gasteiger partial charge in [0, 0.05) is 32.0 Å². The zero-order chi connectivity index (χ0) is 23.3. The number of nitrogens with two attached hydrogens (primary N) is 1. The van der Waals surface area contributed by atoms with Crippen molar-refractivity contribution in [3.63, 3.8) is 0 Å². The number of amides is 3. The number of likely N-dealkylation sites (tertiary alicyclic amines) is 2. The summed E-state index contributed by atoms with van der Waals surface area (Å²) in [6.45, 7) is 0.562. The fraction of sp³-hybridized carbons (Fsp3) is 0.833. The number of hydrogen-bond acceptors (Lipinski definition) is 6. The highest BCUT2D eigenvalue weighted by molar-refractivity contribution is 5.90. The lowest BCUT2D eigenvalue weighted by molar-refractivity contribution is -0.167. The lowest BCUT2D eigenvalue weighted by Gasteiger charge is -2.56. The Morgan fingerprint density at radius 1 is 0.939 bits per heavy atom. The summed E-state index contributed by atoms with van der Waals surface area (Å²) in [5.74, 6) is 0.310. The van der Waals surface area contributed by atoms with E-state index in [1.165, 1.54) is 19.3 Å². The van der Waals surface area contributed by atoms with Crippen LogP contribution in [0.3, 0.4) is 0 Å². The van der Waals surface area contributed by atoms with Gasteiger partial charge in [-0.3, -0.25) is 14.4 Å². The number of aliphatic hydroxyl groups is 1. The fourth-order valence-electron chi connectivity index (χ4n) is 7.67. The Morgan fingerprint density at radius 2 is 1.52 bits per heavy atom. The number of carbonyl (C=O) groups excluding carboxylic acids is 4. The van der Waals surface area contributed by atoms with Crippen LogP contribution in [-0.4, -0.2) is 77.0 Å². The molecular formula is C24H35N3O6. The van der Waals surface area contributed by atoms with Gasteiger partial charge in [-0.25, -0.2) is 4.79 Å². The minimum atomic E-state index is -0.839. The van der Waals surface area contributed by atoms with E-state index in [1.54, 1.807) is 9.80 Å². The van der Waals surface area contributed by atoms with E-state index in [-0.39, 0.29) is 36.6 Å². The summed E-state index contributed by atoms with van der Waals surface area (Å²) in [7, 11) is 0. The van der Waals surface area contributed by atoms with Crippen LogP contribution in [0.2, 0.25) is 0 Å². The maximum atomic E-state index is 13.7. The molecule has 6 fully saturated rings.